The third-order valence-electron chi connectivity index (χ3n) is 3.08. The van der Waals surface area contributed by atoms with Crippen LogP contribution in [0, 0.1) is 6.92 Å². The summed E-state index contributed by atoms with van der Waals surface area (Å²) in [6.45, 7) is 1.95. The predicted molar refractivity (Wildman–Crippen MR) is 73.7 cm³/mol. The number of benzene rings is 2. The molecule has 2 aromatic rings. The average Bonchev–Trinajstić information content (AvgIpc) is 2.41. The second-order valence-electron chi connectivity index (χ2n) is 4.43. The highest BCUT2D eigenvalue weighted by atomic mass is 16.5. The van der Waals surface area contributed by atoms with E-state index in [-0.39, 0.29) is 0 Å². The van der Waals surface area contributed by atoms with Crippen LogP contribution in [-0.2, 0) is 4.79 Å². The van der Waals surface area contributed by atoms with Crippen molar-refractivity contribution in [3.8, 4) is 5.75 Å². The average molecular weight is 256 g/mol. The lowest BCUT2D eigenvalue weighted by Gasteiger charge is -2.17. The van der Waals surface area contributed by atoms with Crippen LogP contribution in [0.2, 0.25) is 0 Å². The van der Waals surface area contributed by atoms with E-state index in [1.54, 1.807) is 7.11 Å². The second-order valence-corrected chi connectivity index (χ2v) is 4.43. The highest BCUT2D eigenvalue weighted by Gasteiger charge is 2.25. The van der Waals surface area contributed by atoms with Gasteiger partial charge in [-0.25, -0.2) is 0 Å². The molecule has 3 heteroatoms. The summed E-state index contributed by atoms with van der Waals surface area (Å²) >= 11 is 0. The highest BCUT2D eigenvalue weighted by Crippen LogP contribution is 2.32. The zero-order valence-electron chi connectivity index (χ0n) is 11.0. The number of aliphatic carboxylic acids is 1. The van der Waals surface area contributed by atoms with E-state index < -0.39 is 11.9 Å². The molecule has 0 radical (unpaired) electrons. The van der Waals surface area contributed by atoms with Crippen LogP contribution in [0.5, 0.6) is 5.75 Å². The molecule has 0 saturated carbocycles. The number of ether oxygens (including phenoxy) is 1. The third kappa shape index (κ3) is 2.76. The number of hydrogen-bond acceptors (Lipinski definition) is 2. The lowest BCUT2D eigenvalue weighted by atomic mass is 9.90. The van der Waals surface area contributed by atoms with Crippen molar-refractivity contribution in [2.45, 2.75) is 12.8 Å². The Hall–Kier alpha value is -2.29. The number of carboxylic acids is 1. The SMILES string of the molecule is COc1cc(C)ccc1C(C(=O)O)c1ccccc1. The summed E-state index contributed by atoms with van der Waals surface area (Å²) in [7, 11) is 1.56. The van der Waals surface area contributed by atoms with E-state index >= 15 is 0 Å². The third-order valence-corrected chi connectivity index (χ3v) is 3.08. The van der Waals surface area contributed by atoms with E-state index in [2.05, 4.69) is 0 Å². The van der Waals surface area contributed by atoms with E-state index in [9.17, 15) is 9.90 Å². The van der Waals surface area contributed by atoms with Gasteiger partial charge in [0.15, 0.2) is 0 Å². The first-order valence-electron chi connectivity index (χ1n) is 6.05. The number of methoxy groups -OCH3 is 1. The number of carboxylic acid groups (broad SMARTS) is 1. The highest BCUT2D eigenvalue weighted by molar-refractivity contribution is 5.81. The van der Waals surface area contributed by atoms with Gasteiger partial charge in [-0.3, -0.25) is 4.79 Å². The zero-order valence-corrected chi connectivity index (χ0v) is 11.0. The molecular formula is C16H16O3. The summed E-state index contributed by atoms with van der Waals surface area (Å²) < 4.78 is 5.32. The minimum absolute atomic E-state index is 0.608. The molecule has 0 aliphatic heterocycles. The Morgan fingerprint density at radius 1 is 1.16 bits per heavy atom. The number of rotatable bonds is 4. The van der Waals surface area contributed by atoms with Gasteiger partial charge < -0.3 is 9.84 Å². The molecule has 0 aliphatic carbocycles. The minimum atomic E-state index is -0.881. The van der Waals surface area contributed by atoms with Crippen molar-refractivity contribution in [2.75, 3.05) is 7.11 Å². The summed E-state index contributed by atoms with van der Waals surface area (Å²) in [5, 5.41) is 9.51. The van der Waals surface area contributed by atoms with Crippen LogP contribution < -0.4 is 4.74 Å². The normalized spacial score (nSPS) is 11.9. The fourth-order valence-electron chi connectivity index (χ4n) is 2.16. The Labute approximate surface area is 112 Å². The Kier molecular flexibility index (Phi) is 3.85. The maximum absolute atomic E-state index is 11.6. The Morgan fingerprint density at radius 3 is 2.42 bits per heavy atom. The smallest absolute Gasteiger partial charge is 0.315 e. The molecule has 2 aromatic carbocycles. The van der Waals surface area contributed by atoms with Gasteiger partial charge in [0.25, 0.3) is 0 Å². The van der Waals surface area contributed by atoms with Crippen molar-refractivity contribution in [2.24, 2.45) is 0 Å². The fourth-order valence-corrected chi connectivity index (χ4v) is 2.16. The van der Waals surface area contributed by atoms with Gasteiger partial charge in [0.2, 0.25) is 0 Å². The first-order chi connectivity index (χ1) is 9.13. The molecule has 3 nitrogen and oxygen atoms in total. The van der Waals surface area contributed by atoms with Crippen LogP contribution in [0.4, 0.5) is 0 Å². The summed E-state index contributed by atoms with van der Waals surface area (Å²) in [6.07, 6.45) is 0. The maximum atomic E-state index is 11.6. The van der Waals surface area contributed by atoms with Crippen LogP contribution in [0.1, 0.15) is 22.6 Å². The van der Waals surface area contributed by atoms with Gasteiger partial charge in [0.1, 0.15) is 11.7 Å². The first-order valence-corrected chi connectivity index (χ1v) is 6.05. The number of aryl methyl sites for hydroxylation is 1. The van der Waals surface area contributed by atoms with E-state index in [1.807, 2.05) is 55.5 Å². The standard InChI is InChI=1S/C16H16O3/c1-11-8-9-13(14(10-11)19-2)15(16(17)18)12-6-4-3-5-7-12/h3-10,15H,1-2H3,(H,17,18). The van der Waals surface area contributed by atoms with Crippen molar-refractivity contribution in [3.63, 3.8) is 0 Å². The lowest BCUT2D eigenvalue weighted by molar-refractivity contribution is -0.137. The molecule has 1 atom stereocenters. The first kappa shape index (κ1) is 13.1. The summed E-state index contributed by atoms with van der Waals surface area (Å²) in [4.78, 5) is 11.6. The van der Waals surface area contributed by atoms with Crippen molar-refractivity contribution < 1.29 is 14.6 Å². The molecule has 0 aromatic heterocycles. The lowest BCUT2D eigenvalue weighted by Crippen LogP contribution is -2.14. The molecule has 0 spiro atoms. The van der Waals surface area contributed by atoms with Crippen LogP contribution in [0.15, 0.2) is 48.5 Å². The van der Waals surface area contributed by atoms with Crippen LogP contribution in [-0.4, -0.2) is 18.2 Å². The predicted octanol–water partition coefficient (Wildman–Crippen LogP) is 3.22. The van der Waals surface area contributed by atoms with E-state index in [0.29, 0.717) is 11.3 Å². The van der Waals surface area contributed by atoms with Gasteiger partial charge in [-0.2, -0.15) is 0 Å². The molecule has 98 valence electrons. The van der Waals surface area contributed by atoms with Crippen LogP contribution in [0.25, 0.3) is 0 Å². The van der Waals surface area contributed by atoms with Crippen molar-refractivity contribution in [1.82, 2.24) is 0 Å². The van der Waals surface area contributed by atoms with E-state index in [1.165, 1.54) is 0 Å². The summed E-state index contributed by atoms with van der Waals surface area (Å²) in [5.74, 6) is -0.985. The molecule has 0 heterocycles. The monoisotopic (exact) mass is 256 g/mol. The number of hydrogen-bond donors (Lipinski definition) is 1. The quantitative estimate of drug-likeness (QED) is 0.913. The molecule has 0 amide bonds. The maximum Gasteiger partial charge on any atom is 0.315 e. The van der Waals surface area contributed by atoms with Gasteiger partial charge >= 0.3 is 5.97 Å². The molecular weight excluding hydrogens is 240 g/mol. The molecule has 19 heavy (non-hydrogen) atoms. The molecule has 2 rings (SSSR count). The molecule has 0 aliphatic rings. The molecule has 0 fully saturated rings. The Balaban J connectivity index is 2.55. The second kappa shape index (κ2) is 5.57. The van der Waals surface area contributed by atoms with Crippen molar-refractivity contribution in [1.29, 1.82) is 0 Å². The van der Waals surface area contributed by atoms with Gasteiger partial charge in [-0.1, -0.05) is 42.5 Å². The van der Waals surface area contributed by atoms with Gasteiger partial charge in [-0.05, 0) is 24.1 Å². The largest absolute Gasteiger partial charge is 0.496 e. The molecule has 1 N–H and O–H groups in total. The minimum Gasteiger partial charge on any atom is -0.496 e. The van der Waals surface area contributed by atoms with Gasteiger partial charge in [-0.15, -0.1) is 0 Å². The Morgan fingerprint density at radius 2 is 1.84 bits per heavy atom. The van der Waals surface area contributed by atoms with Crippen molar-refractivity contribution >= 4 is 5.97 Å². The fraction of sp³-hybridized carbons (Fsp3) is 0.188. The van der Waals surface area contributed by atoms with Gasteiger partial charge in [0, 0.05) is 5.56 Å². The van der Waals surface area contributed by atoms with Crippen LogP contribution >= 0.6 is 0 Å². The van der Waals surface area contributed by atoms with E-state index in [0.717, 1.165) is 11.1 Å². The topological polar surface area (TPSA) is 46.5 Å². The van der Waals surface area contributed by atoms with Gasteiger partial charge in [0.05, 0.1) is 7.11 Å². The van der Waals surface area contributed by atoms with E-state index in [4.69, 9.17) is 4.74 Å². The molecule has 0 bridgehead atoms. The molecule has 1 unspecified atom stereocenters. The Bertz CT molecular complexity index is 576. The molecule has 0 saturated heterocycles. The van der Waals surface area contributed by atoms with Crippen molar-refractivity contribution in [3.05, 3.63) is 65.2 Å². The summed E-state index contributed by atoms with van der Waals surface area (Å²) in [6, 6.07) is 14.8. The van der Waals surface area contributed by atoms with Crippen LogP contribution in [0.3, 0.4) is 0 Å². The zero-order chi connectivity index (χ0) is 13.8. The number of carbonyl (C=O) groups is 1. The summed E-state index contributed by atoms with van der Waals surface area (Å²) in [5.41, 5.74) is 2.46.